The number of carbonyl (C=O) groups is 1. The number of hydrogen-bond donors (Lipinski definition) is 2. The van der Waals surface area contributed by atoms with Gasteiger partial charge in [-0.1, -0.05) is 30.3 Å². The number of nitrogens with zero attached hydrogens (tertiary/aromatic N) is 1. The van der Waals surface area contributed by atoms with Gasteiger partial charge in [-0.05, 0) is 38.9 Å². The zero-order valence-corrected chi connectivity index (χ0v) is 13.1. The number of oxazole rings is 1. The van der Waals surface area contributed by atoms with Crippen molar-refractivity contribution in [2.45, 2.75) is 36.9 Å². The second kappa shape index (κ2) is 6.95. The van der Waals surface area contributed by atoms with Crippen LogP contribution in [0.1, 0.15) is 26.2 Å². The number of nitrogens with one attached hydrogen (secondary N) is 1. The van der Waals surface area contributed by atoms with Gasteiger partial charge in [0.25, 0.3) is 5.22 Å². The average Bonchev–Trinajstić information content (AvgIpc) is 2.89. The minimum atomic E-state index is -0.845. The highest BCUT2D eigenvalue weighted by Gasteiger charge is 2.30. The van der Waals surface area contributed by atoms with E-state index < -0.39 is 11.5 Å². The maximum Gasteiger partial charge on any atom is 0.323 e. The highest BCUT2D eigenvalue weighted by Crippen LogP contribution is 2.24. The summed E-state index contributed by atoms with van der Waals surface area (Å²) >= 11 is 1.57. The highest BCUT2D eigenvalue weighted by atomic mass is 32.2. The van der Waals surface area contributed by atoms with Gasteiger partial charge in [-0.3, -0.25) is 4.79 Å². The van der Waals surface area contributed by atoms with Crippen molar-refractivity contribution in [2.24, 2.45) is 0 Å². The van der Waals surface area contributed by atoms with E-state index in [9.17, 15) is 4.79 Å². The number of carboxylic acid groups (broad SMARTS) is 1. The van der Waals surface area contributed by atoms with Crippen molar-refractivity contribution in [3.8, 4) is 0 Å². The van der Waals surface area contributed by atoms with E-state index in [2.05, 4.69) is 10.3 Å². The summed E-state index contributed by atoms with van der Waals surface area (Å²) in [5.41, 5.74) is 0.824. The van der Waals surface area contributed by atoms with Crippen LogP contribution in [-0.2, 0) is 4.79 Å². The lowest BCUT2D eigenvalue weighted by Crippen LogP contribution is -2.47. The molecule has 0 fully saturated rings. The molecular weight excluding hydrogens is 288 g/mol. The van der Waals surface area contributed by atoms with Gasteiger partial charge in [-0.2, -0.15) is 0 Å². The number of thioether (sulfide) groups is 1. The number of carboxylic acids is 1. The molecule has 2 N–H and O–H groups in total. The first-order valence-corrected chi connectivity index (χ1v) is 7.94. The van der Waals surface area contributed by atoms with E-state index in [1.54, 1.807) is 25.7 Å². The topological polar surface area (TPSA) is 75.4 Å². The summed E-state index contributed by atoms with van der Waals surface area (Å²) in [4.78, 5) is 15.5. The second-order valence-electron chi connectivity index (χ2n) is 5.14. The molecular formula is C15H20N2O3S. The van der Waals surface area contributed by atoms with Gasteiger partial charge >= 0.3 is 5.97 Å². The van der Waals surface area contributed by atoms with Crippen molar-refractivity contribution in [1.29, 1.82) is 0 Å². The van der Waals surface area contributed by atoms with Crippen LogP contribution in [0.5, 0.6) is 0 Å². The number of likely N-dealkylation sites (N-methyl/N-ethyl adjacent to an activating group) is 1. The van der Waals surface area contributed by atoms with E-state index in [0.717, 1.165) is 29.7 Å². The van der Waals surface area contributed by atoms with Gasteiger partial charge in [0, 0.05) is 5.75 Å². The summed E-state index contributed by atoms with van der Waals surface area (Å²) in [6.07, 6.45) is 2.37. The molecule has 0 saturated heterocycles. The Morgan fingerprint density at radius 1 is 1.43 bits per heavy atom. The van der Waals surface area contributed by atoms with E-state index in [0.29, 0.717) is 11.6 Å². The van der Waals surface area contributed by atoms with Gasteiger partial charge in [-0.25, -0.2) is 4.98 Å². The number of rotatable bonds is 8. The molecule has 0 bridgehead atoms. The molecule has 0 aliphatic rings. The van der Waals surface area contributed by atoms with Crippen LogP contribution < -0.4 is 5.32 Å². The molecule has 0 radical (unpaired) electrons. The molecule has 5 nitrogen and oxygen atoms in total. The third-order valence-corrected chi connectivity index (χ3v) is 4.51. The standard InChI is InChI=1S/C15H20N2O3S/c1-15(16-2,13(18)19)9-5-6-10-21-14-17-11-7-3-4-8-12(11)20-14/h3-4,7-8,16H,5-6,9-10H2,1-2H3,(H,18,19). The lowest BCUT2D eigenvalue weighted by molar-refractivity contribution is -0.144. The van der Waals surface area contributed by atoms with Crippen LogP contribution in [0.15, 0.2) is 33.9 Å². The fraction of sp³-hybridized carbons (Fsp3) is 0.467. The van der Waals surface area contributed by atoms with E-state index in [1.165, 1.54) is 0 Å². The van der Waals surface area contributed by atoms with Crippen LogP contribution in [0.25, 0.3) is 11.1 Å². The molecule has 1 heterocycles. The first-order chi connectivity index (χ1) is 10.0. The lowest BCUT2D eigenvalue weighted by Gasteiger charge is -2.23. The summed E-state index contributed by atoms with van der Waals surface area (Å²) in [6, 6.07) is 7.68. The average molecular weight is 308 g/mol. The van der Waals surface area contributed by atoms with Crippen LogP contribution in [0, 0.1) is 0 Å². The normalized spacial score (nSPS) is 14.2. The molecule has 1 aromatic heterocycles. The number of benzene rings is 1. The molecule has 0 spiro atoms. The third-order valence-electron chi connectivity index (χ3n) is 3.59. The van der Waals surface area contributed by atoms with Crippen molar-refractivity contribution < 1.29 is 14.3 Å². The fourth-order valence-corrected chi connectivity index (χ4v) is 2.83. The first-order valence-electron chi connectivity index (χ1n) is 6.96. The van der Waals surface area contributed by atoms with Crippen LogP contribution in [-0.4, -0.2) is 34.4 Å². The maximum absolute atomic E-state index is 11.1. The molecule has 1 atom stereocenters. The highest BCUT2D eigenvalue weighted by molar-refractivity contribution is 7.99. The summed E-state index contributed by atoms with van der Waals surface area (Å²) in [7, 11) is 1.68. The fourth-order valence-electron chi connectivity index (χ4n) is 1.99. The number of para-hydroxylation sites is 2. The van der Waals surface area contributed by atoms with Gasteiger partial charge in [0.2, 0.25) is 0 Å². The minimum Gasteiger partial charge on any atom is -0.480 e. The summed E-state index contributed by atoms with van der Waals surface area (Å²) in [5, 5.41) is 12.7. The SMILES string of the molecule is CNC(C)(CCCCSc1nc2ccccc2o1)C(=O)O. The quantitative estimate of drug-likeness (QED) is 0.576. The Morgan fingerprint density at radius 2 is 2.19 bits per heavy atom. The number of aromatic nitrogens is 1. The molecule has 2 aromatic rings. The Morgan fingerprint density at radius 3 is 2.86 bits per heavy atom. The Labute approximate surface area is 128 Å². The third kappa shape index (κ3) is 3.98. The second-order valence-corrected chi connectivity index (χ2v) is 6.19. The maximum atomic E-state index is 11.1. The van der Waals surface area contributed by atoms with Crippen LogP contribution >= 0.6 is 11.8 Å². The van der Waals surface area contributed by atoms with Crippen LogP contribution in [0.2, 0.25) is 0 Å². The molecule has 2 rings (SSSR count). The number of aliphatic carboxylic acids is 1. The number of fused-ring (bicyclic) bond motifs is 1. The smallest absolute Gasteiger partial charge is 0.323 e. The largest absolute Gasteiger partial charge is 0.480 e. The predicted molar refractivity (Wildman–Crippen MR) is 83.7 cm³/mol. The van der Waals surface area contributed by atoms with E-state index >= 15 is 0 Å². The number of hydrogen-bond acceptors (Lipinski definition) is 5. The Bertz CT molecular complexity index is 581. The monoisotopic (exact) mass is 308 g/mol. The molecule has 0 aliphatic heterocycles. The summed E-state index contributed by atoms with van der Waals surface area (Å²) in [6.45, 7) is 1.71. The molecule has 1 unspecified atom stereocenters. The Balaban J connectivity index is 1.76. The minimum absolute atomic E-state index is 0.604. The van der Waals surface area contributed by atoms with Crippen molar-refractivity contribution >= 4 is 28.8 Å². The first kappa shape index (κ1) is 15.9. The summed E-state index contributed by atoms with van der Waals surface area (Å²) < 4.78 is 5.62. The van der Waals surface area contributed by atoms with Crippen molar-refractivity contribution in [2.75, 3.05) is 12.8 Å². The van der Waals surface area contributed by atoms with E-state index in [4.69, 9.17) is 9.52 Å². The van der Waals surface area contributed by atoms with Gasteiger partial charge in [0.1, 0.15) is 11.1 Å². The van der Waals surface area contributed by atoms with Crippen molar-refractivity contribution in [3.63, 3.8) is 0 Å². The predicted octanol–water partition coefficient (Wildman–Crippen LogP) is 3.15. The van der Waals surface area contributed by atoms with E-state index in [1.807, 2.05) is 24.3 Å². The van der Waals surface area contributed by atoms with Gasteiger partial charge in [0.05, 0.1) is 0 Å². The van der Waals surface area contributed by atoms with Gasteiger partial charge in [-0.15, -0.1) is 0 Å². The lowest BCUT2D eigenvalue weighted by atomic mass is 9.95. The molecule has 6 heteroatoms. The molecule has 0 aliphatic carbocycles. The molecule has 0 amide bonds. The van der Waals surface area contributed by atoms with E-state index in [-0.39, 0.29) is 0 Å². The van der Waals surface area contributed by atoms with Crippen molar-refractivity contribution in [3.05, 3.63) is 24.3 Å². The zero-order valence-electron chi connectivity index (χ0n) is 12.3. The van der Waals surface area contributed by atoms with Crippen molar-refractivity contribution in [1.82, 2.24) is 10.3 Å². The molecule has 1 aromatic carbocycles. The van der Waals surface area contributed by atoms with Crippen LogP contribution in [0.3, 0.4) is 0 Å². The van der Waals surface area contributed by atoms with Gasteiger partial charge in [0.15, 0.2) is 5.58 Å². The Hall–Kier alpha value is -1.53. The zero-order chi connectivity index (χ0) is 15.3. The number of unbranched alkanes of at least 4 members (excludes halogenated alkanes) is 1. The molecule has 21 heavy (non-hydrogen) atoms. The summed E-state index contributed by atoms with van der Waals surface area (Å²) in [5.74, 6) is 0.0586. The molecule has 114 valence electrons. The molecule has 0 saturated carbocycles. The van der Waals surface area contributed by atoms with Gasteiger partial charge < -0.3 is 14.8 Å². The Kier molecular flexibility index (Phi) is 5.25. The van der Waals surface area contributed by atoms with Crippen LogP contribution in [0.4, 0.5) is 0 Å².